The number of benzene rings is 2. The van der Waals surface area contributed by atoms with Gasteiger partial charge in [-0.3, -0.25) is 9.48 Å². The molecule has 0 saturated heterocycles. The first-order chi connectivity index (χ1) is 14.0. The van der Waals surface area contributed by atoms with Crippen molar-refractivity contribution in [3.8, 4) is 21.8 Å². The molecular weight excluding hydrogens is 380 g/mol. The smallest absolute Gasteiger partial charge is 0.269 e. The number of carbonyl (C=O) groups excluding carboxylic acids is 1. The lowest BCUT2D eigenvalue weighted by molar-refractivity contribution is 0.0942. The average molecular weight is 403 g/mol. The molecule has 2 aromatic heterocycles. The van der Waals surface area contributed by atoms with Gasteiger partial charge in [-0.1, -0.05) is 54.6 Å². The molecule has 0 aliphatic heterocycles. The van der Waals surface area contributed by atoms with Crippen LogP contribution in [-0.4, -0.2) is 20.7 Å². The Labute approximate surface area is 174 Å². The lowest BCUT2D eigenvalue weighted by Gasteiger charge is -2.04. The molecule has 4 rings (SSSR count). The summed E-state index contributed by atoms with van der Waals surface area (Å²) >= 11 is 1.62. The van der Waals surface area contributed by atoms with Gasteiger partial charge in [-0.25, -0.2) is 4.98 Å². The predicted octanol–water partition coefficient (Wildman–Crippen LogP) is 4.76. The van der Waals surface area contributed by atoms with Crippen LogP contribution in [0.1, 0.15) is 26.6 Å². The molecule has 1 amide bonds. The molecule has 1 N–H and O–H groups in total. The van der Waals surface area contributed by atoms with Gasteiger partial charge in [0, 0.05) is 23.1 Å². The van der Waals surface area contributed by atoms with E-state index in [4.69, 9.17) is 4.98 Å². The Morgan fingerprint density at radius 2 is 1.79 bits per heavy atom. The van der Waals surface area contributed by atoms with E-state index in [0.717, 1.165) is 32.4 Å². The second-order valence-electron chi connectivity index (χ2n) is 6.93. The van der Waals surface area contributed by atoms with Crippen LogP contribution in [0.15, 0.2) is 60.7 Å². The number of amides is 1. The normalized spacial score (nSPS) is 10.9. The quantitative estimate of drug-likeness (QED) is 0.524. The van der Waals surface area contributed by atoms with Gasteiger partial charge in [-0.05, 0) is 25.5 Å². The van der Waals surface area contributed by atoms with Crippen molar-refractivity contribution in [2.45, 2.75) is 20.4 Å². The highest BCUT2D eigenvalue weighted by Crippen LogP contribution is 2.30. The average Bonchev–Trinajstić information content (AvgIpc) is 3.30. The van der Waals surface area contributed by atoms with Gasteiger partial charge < -0.3 is 5.32 Å². The topological polar surface area (TPSA) is 59.8 Å². The van der Waals surface area contributed by atoms with E-state index >= 15 is 0 Å². The molecule has 0 aliphatic carbocycles. The maximum Gasteiger partial charge on any atom is 0.269 e. The largest absolute Gasteiger partial charge is 0.346 e. The highest BCUT2D eigenvalue weighted by Gasteiger charge is 2.16. The van der Waals surface area contributed by atoms with Crippen molar-refractivity contribution in [1.82, 2.24) is 20.1 Å². The van der Waals surface area contributed by atoms with Gasteiger partial charge in [0.05, 0.1) is 17.9 Å². The van der Waals surface area contributed by atoms with Crippen LogP contribution in [0, 0.1) is 13.8 Å². The third kappa shape index (κ3) is 3.98. The molecule has 4 aromatic rings. The summed E-state index contributed by atoms with van der Waals surface area (Å²) in [6.07, 6.45) is 0. The number of nitrogens with zero attached hydrogens (tertiary/aromatic N) is 3. The van der Waals surface area contributed by atoms with Crippen LogP contribution in [0.4, 0.5) is 0 Å². The van der Waals surface area contributed by atoms with Crippen molar-refractivity contribution in [2.75, 3.05) is 0 Å². The number of carbonyl (C=O) groups is 1. The summed E-state index contributed by atoms with van der Waals surface area (Å²) in [5.74, 6) is -0.146. The monoisotopic (exact) mass is 402 g/mol. The van der Waals surface area contributed by atoms with Crippen LogP contribution >= 0.6 is 11.3 Å². The first-order valence-corrected chi connectivity index (χ1v) is 10.2. The fourth-order valence-corrected chi connectivity index (χ4v) is 4.29. The molecule has 146 valence electrons. The predicted molar refractivity (Wildman–Crippen MR) is 117 cm³/mol. The van der Waals surface area contributed by atoms with Gasteiger partial charge in [-0.15, -0.1) is 11.3 Å². The molecule has 0 fully saturated rings. The van der Waals surface area contributed by atoms with Gasteiger partial charge in [0.2, 0.25) is 0 Å². The zero-order chi connectivity index (χ0) is 20.4. The summed E-state index contributed by atoms with van der Waals surface area (Å²) in [6, 6.07) is 19.9. The van der Waals surface area contributed by atoms with Gasteiger partial charge in [0.15, 0.2) is 0 Å². The van der Waals surface area contributed by atoms with Gasteiger partial charge in [-0.2, -0.15) is 5.10 Å². The fraction of sp³-hybridized carbons (Fsp3) is 0.174. The Balaban J connectivity index is 1.50. The second kappa shape index (κ2) is 8.01. The first kappa shape index (κ1) is 19.1. The summed E-state index contributed by atoms with van der Waals surface area (Å²) in [5.41, 5.74) is 5.59. The third-order valence-corrected chi connectivity index (χ3v) is 6.05. The molecule has 0 saturated carbocycles. The molecule has 6 heteroatoms. The minimum absolute atomic E-state index is 0.146. The van der Waals surface area contributed by atoms with E-state index in [1.807, 2.05) is 55.5 Å². The van der Waals surface area contributed by atoms with Crippen molar-refractivity contribution in [1.29, 1.82) is 0 Å². The Hall–Kier alpha value is -3.25. The standard InChI is InChI=1S/C23H22N4OS/c1-15-9-7-8-12-18(15)23-25-16(2)21(29-23)14-24-22(28)20-13-19(26-27(20)3)17-10-5-4-6-11-17/h4-13H,14H2,1-3H3,(H,24,28). The third-order valence-electron chi connectivity index (χ3n) is 4.86. The van der Waals surface area contributed by atoms with Crippen LogP contribution in [-0.2, 0) is 13.6 Å². The molecule has 5 nitrogen and oxygen atoms in total. The lowest BCUT2D eigenvalue weighted by atomic mass is 10.1. The van der Waals surface area contributed by atoms with Gasteiger partial charge in [0.25, 0.3) is 5.91 Å². The highest BCUT2D eigenvalue weighted by atomic mass is 32.1. The Bertz CT molecular complexity index is 1160. The number of hydrogen-bond acceptors (Lipinski definition) is 4. The molecule has 0 unspecified atom stereocenters. The summed E-state index contributed by atoms with van der Waals surface area (Å²) < 4.78 is 1.62. The van der Waals surface area contributed by atoms with Crippen molar-refractivity contribution in [3.63, 3.8) is 0 Å². The maximum absolute atomic E-state index is 12.7. The van der Waals surface area contributed by atoms with Crippen molar-refractivity contribution in [3.05, 3.63) is 82.5 Å². The Morgan fingerprint density at radius 3 is 2.55 bits per heavy atom. The molecule has 0 spiro atoms. The fourth-order valence-electron chi connectivity index (χ4n) is 3.20. The molecule has 0 radical (unpaired) electrons. The van der Waals surface area contributed by atoms with E-state index in [9.17, 15) is 4.79 Å². The minimum atomic E-state index is -0.146. The summed E-state index contributed by atoms with van der Waals surface area (Å²) in [6.45, 7) is 4.51. The first-order valence-electron chi connectivity index (χ1n) is 9.43. The van der Waals surface area contributed by atoms with Crippen LogP contribution in [0.25, 0.3) is 21.8 Å². The van der Waals surface area contributed by atoms with Crippen LogP contribution in [0.3, 0.4) is 0 Å². The van der Waals surface area contributed by atoms with E-state index in [0.29, 0.717) is 12.2 Å². The molecular formula is C23H22N4OS. The molecule has 2 heterocycles. The van der Waals surface area contributed by atoms with Crippen molar-refractivity contribution >= 4 is 17.2 Å². The molecule has 29 heavy (non-hydrogen) atoms. The number of aromatic nitrogens is 3. The second-order valence-corrected chi connectivity index (χ2v) is 8.01. The summed E-state index contributed by atoms with van der Waals surface area (Å²) in [5, 5.41) is 8.47. The highest BCUT2D eigenvalue weighted by molar-refractivity contribution is 7.15. The van der Waals surface area contributed by atoms with E-state index in [-0.39, 0.29) is 5.91 Å². The number of nitrogens with one attached hydrogen (secondary N) is 1. The van der Waals surface area contributed by atoms with Crippen LogP contribution in [0.2, 0.25) is 0 Å². The SMILES string of the molecule is Cc1ccccc1-c1nc(C)c(CNC(=O)c2cc(-c3ccccc3)nn2C)s1. The zero-order valence-corrected chi connectivity index (χ0v) is 17.5. The number of aryl methyl sites for hydroxylation is 3. The summed E-state index contributed by atoms with van der Waals surface area (Å²) in [4.78, 5) is 18.5. The van der Waals surface area contributed by atoms with Crippen LogP contribution < -0.4 is 5.32 Å². The number of rotatable bonds is 5. The lowest BCUT2D eigenvalue weighted by Crippen LogP contribution is -2.25. The molecule has 0 aliphatic rings. The Morgan fingerprint density at radius 1 is 1.07 bits per heavy atom. The minimum Gasteiger partial charge on any atom is -0.346 e. The van der Waals surface area contributed by atoms with E-state index < -0.39 is 0 Å². The van der Waals surface area contributed by atoms with Crippen LogP contribution in [0.5, 0.6) is 0 Å². The van der Waals surface area contributed by atoms with E-state index in [1.54, 1.807) is 23.1 Å². The van der Waals surface area contributed by atoms with Gasteiger partial charge >= 0.3 is 0 Å². The van der Waals surface area contributed by atoms with Gasteiger partial charge in [0.1, 0.15) is 10.7 Å². The van der Waals surface area contributed by atoms with Crippen molar-refractivity contribution < 1.29 is 4.79 Å². The molecule has 2 aromatic carbocycles. The Kier molecular flexibility index (Phi) is 5.27. The van der Waals surface area contributed by atoms with Crippen molar-refractivity contribution in [2.24, 2.45) is 7.05 Å². The summed E-state index contributed by atoms with van der Waals surface area (Å²) in [7, 11) is 1.79. The maximum atomic E-state index is 12.7. The van der Waals surface area contributed by atoms with E-state index in [1.165, 1.54) is 5.56 Å². The molecule has 0 atom stereocenters. The van der Waals surface area contributed by atoms with E-state index in [2.05, 4.69) is 29.5 Å². The number of hydrogen-bond donors (Lipinski definition) is 1. The molecule has 0 bridgehead atoms. The number of thiazole rings is 1. The zero-order valence-electron chi connectivity index (χ0n) is 16.6.